The van der Waals surface area contributed by atoms with Crippen LogP contribution < -0.4 is 15.4 Å². The molecule has 12 nitrogen and oxygen atoms in total. The van der Waals surface area contributed by atoms with E-state index in [1.54, 1.807) is 91.8 Å². The fourth-order valence-corrected chi connectivity index (χ4v) is 6.36. The normalized spacial score (nSPS) is 14.5. The number of amidine groups is 1. The maximum atomic E-state index is 14.3. The minimum atomic E-state index is -4.22. The van der Waals surface area contributed by atoms with Gasteiger partial charge >= 0.3 is 0 Å². The number of rotatable bonds is 4. The van der Waals surface area contributed by atoms with Crippen LogP contribution in [0.25, 0.3) is 5.65 Å². The Morgan fingerprint density at radius 3 is 2.63 bits per heavy atom. The van der Waals surface area contributed by atoms with Gasteiger partial charge in [0.05, 0.1) is 29.2 Å². The van der Waals surface area contributed by atoms with Crippen molar-refractivity contribution in [3.05, 3.63) is 96.1 Å². The van der Waals surface area contributed by atoms with Crippen LogP contribution in [-0.4, -0.2) is 50.6 Å². The molecule has 0 radical (unpaired) electrons. The van der Waals surface area contributed by atoms with Crippen molar-refractivity contribution in [1.82, 2.24) is 29.7 Å². The second-order valence-corrected chi connectivity index (χ2v) is 10.9. The predicted molar refractivity (Wildman–Crippen MR) is 153 cm³/mol. The Hall–Kier alpha value is -5.48. The maximum absolute atomic E-state index is 14.3. The molecule has 5 aromatic rings. The highest BCUT2D eigenvalue weighted by molar-refractivity contribution is 7.94. The third-order valence-corrected chi connectivity index (χ3v) is 8.18. The number of anilines is 2. The number of nitrogens with two attached hydrogens (primary N) is 1. The van der Waals surface area contributed by atoms with Gasteiger partial charge in [-0.25, -0.2) is 27.2 Å². The zero-order valence-corrected chi connectivity index (χ0v) is 22.7. The van der Waals surface area contributed by atoms with Crippen molar-refractivity contribution in [2.24, 2.45) is 12.0 Å². The number of aromatic nitrogens is 5. The molecule has 1 amide bonds. The van der Waals surface area contributed by atoms with E-state index in [9.17, 15) is 13.2 Å². The molecule has 0 saturated carbocycles. The van der Waals surface area contributed by atoms with Crippen LogP contribution in [0.15, 0.2) is 89.3 Å². The highest BCUT2D eigenvalue weighted by Gasteiger charge is 2.39. The number of fused-ring (bicyclic) bond motifs is 2. The van der Waals surface area contributed by atoms with Crippen LogP contribution in [0, 0.1) is 11.8 Å². The monoisotopic (exact) mass is 565 g/mol. The molecular weight excluding hydrogens is 542 g/mol. The first-order valence-electron chi connectivity index (χ1n) is 12.5. The first-order chi connectivity index (χ1) is 19.7. The number of aliphatic imine (C=N–C) groups is 1. The number of benzene rings is 2. The van der Waals surface area contributed by atoms with Crippen molar-refractivity contribution >= 4 is 44.6 Å². The minimum Gasteiger partial charge on any atom is -0.381 e. The molecule has 1 aliphatic heterocycles. The molecule has 0 aliphatic carbocycles. The summed E-state index contributed by atoms with van der Waals surface area (Å²) >= 11 is 0. The molecule has 0 saturated heterocycles. The van der Waals surface area contributed by atoms with Gasteiger partial charge in [0.2, 0.25) is 0 Å². The number of nitrogens with one attached hydrogen (secondary N) is 1. The van der Waals surface area contributed by atoms with Gasteiger partial charge < -0.3 is 11.1 Å². The molecule has 0 spiro atoms. The lowest BCUT2D eigenvalue weighted by atomic mass is 10.1. The number of carbonyl (C=O) groups is 1. The fraction of sp³-hybridized carbons (Fsp3) is 0.107. The fourth-order valence-electron chi connectivity index (χ4n) is 4.55. The van der Waals surface area contributed by atoms with Crippen LogP contribution in [0.1, 0.15) is 28.4 Å². The molecular formula is C28H23N9O3S. The summed E-state index contributed by atoms with van der Waals surface area (Å²) in [6.45, 7) is 1.65. The summed E-state index contributed by atoms with van der Waals surface area (Å²) in [5.74, 6) is 5.46. The Bertz CT molecular complexity index is 2020. The van der Waals surface area contributed by atoms with Gasteiger partial charge in [-0.1, -0.05) is 36.1 Å². The molecule has 1 aliphatic rings. The van der Waals surface area contributed by atoms with E-state index in [0.717, 1.165) is 4.31 Å². The molecule has 1 atom stereocenters. The van der Waals surface area contributed by atoms with Gasteiger partial charge in [0.15, 0.2) is 11.5 Å². The van der Waals surface area contributed by atoms with E-state index in [0.29, 0.717) is 11.3 Å². The predicted octanol–water partition coefficient (Wildman–Crippen LogP) is 2.50. The highest BCUT2D eigenvalue weighted by Crippen LogP contribution is 2.38. The molecule has 41 heavy (non-hydrogen) atoms. The van der Waals surface area contributed by atoms with Gasteiger partial charge in [-0.3, -0.25) is 9.48 Å². The molecule has 0 fully saturated rings. The zero-order chi connectivity index (χ0) is 28.7. The number of hydrogen-bond donors (Lipinski definition) is 2. The van der Waals surface area contributed by atoms with Gasteiger partial charge in [0.1, 0.15) is 16.3 Å². The molecule has 4 heterocycles. The molecule has 1 unspecified atom stereocenters. The highest BCUT2D eigenvalue weighted by atomic mass is 32.2. The van der Waals surface area contributed by atoms with E-state index >= 15 is 0 Å². The third kappa shape index (κ3) is 4.56. The lowest BCUT2D eigenvalue weighted by Crippen LogP contribution is -2.51. The molecule has 204 valence electrons. The summed E-state index contributed by atoms with van der Waals surface area (Å²) in [7, 11) is -2.45. The Morgan fingerprint density at radius 2 is 1.88 bits per heavy atom. The molecule has 2 aromatic carbocycles. The van der Waals surface area contributed by atoms with Crippen LogP contribution in [-0.2, 0) is 17.1 Å². The Balaban J connectivity index is 1.45. The zero-order valence-electron chi connectivity index (χ0n) is 21.9. The number of nitrogen functional groups attached to an aromatic ring is 1. The van der Waals surface area contributed by atoms with Crippen LogP contribution in [0.5, 0.6) is 0 Å². The van der Waals surface area contributed by atoms with Crippen LogP contribution in [0.3, 0.4) is 0 Å². The van der Waals surface area contributed by atoms with Crippen LogP contribution in [0.2, 0.25) is 0 Å². The van der Waals surface area contributed by atoms with Crippen molar-refractivity contribution in [3.63, 3.8) is 0 Å². The molecule has 13 heteroatoms. The largest absolute Gasteiger partial charge is 0.381 e. The quantitative estimate of drug-likeness (QED) is 0.318. The van der Waals surface area contributed by atoms with Crippen molar-refractivity contribution in [2.45, 2.75) is 17.9 Å². The lowest BCUT2D eigenvalue weighted by Gasteiger charge is -2.33. The molecule has 3 aromatic heterocycles. The summed E-state index contributed by atoms with van der Waals surface area (Å²) in [5.41, 5.74) is 7.88. The van der Waals surface area contributed by atoms with Crippen LogP contribution in [0.4, 0.5) is 17.2 Å². The number of nitrogens with zero attached hydrogens (tertiary/aromatic N) is 7. The first-order valence-corrected chi connectivity index (χ1v) is 13.9. The van der Waals surface area contributed by atoms with Gasteiger partial charge in [-0.2, -0.15) is 5.10 Å². The smallest absolute Gasteiger partial charge is 0.273 e. The third-order valence-electron chi connectivity index (χ3n) is 6.36. The van der Waals surface area contributed by atoms with E-state index < -0.39 is 22.0 Å². The summed E-state index contributed by atoms with van der Waals surface area (Å²) in [5, 5.41) is 11.1. The number of para-hydroxylation sites is 1. The number of aryl methyl sites for hydroxylation is 1. The van der Waals surface area contributed by atoms with E-state index in [-0.39, 0.29) is 39.0 Å². The van der Waals surface area contributed by atoms with E-state index in [1.807, 2.05) is 0 Å². The van der Waals surface area contributed by atoms with E-state index in [4.69, 9.17) is 10.7 Å². The van der Waals surface area contributed by atoms with Crippen molar-refractivity contribution in [3.8, 4) is 11.8 Å². The van der Waals surface area contributed by atoms with Gasteiger partial charge in [0, 0.05) is 31.2 Å². The van der Waals surface area contributed by atoms with E-state index in [2.05, 4.69) is 32.3 Å². The van der Waals surface area contributed by atoms with Crippen molar-refractivity contribution in [2.75, 3.05) is 10.0 Å². The number of carbonyl (C=O) groups excluding carboxylic acids is 1. The lowest BCUT2D eigenvalue weighted by molar-refractivity contribution is 0.0951. The number of hydrogen-bond acceptors (Lipinski definition) is 8. The minimum absolute atomic E-state index is 0.00584. The molecule has 3 N–H and O–H groups in total. The first kappa shape index (κ1) is 25.8. The van der Waals surface area contributed by atoms with Gasteiger partial charge in [-0.15, -0.1) is 5.10 Å². The molecule has 0 bridgehead atoms. The summed E-state index contributed by atoms with van der Waals surface area (Å²) in [6, 6.07) is 14.3. The summed E-state index contributed by atoms with van der Waals surface area (Å²) < 4.78 is 32.8. The average molecular weight is 566 g/mol. The Morgan fingerprint density at radius 1 is 1.07 bits per heavy atom. The standard InChI is InChI=1S/C28H23N9O3S/c1-18(32-28(38)23-25(29)34-36-15-7-14-30-27(23)36)26-33-22-11-6-8-20(13-12-19-16-31-35(2)17-19)24(22)41(39,40)37(26)21-9-4-3-5-10-21/h3-11,14-18H,1-2H3,(H2,29,34)(H,32,38). The number of amides is 1. The topological polar surface area (TPSA) is 153 Å². The van der Waals surface area contributed by atoms with Crippen molar-refractivity contribution in [1.29, 1.82) is 0 Å². The number of sulfonamides is 1. The average Bonchev–Trinajstić information content (AvgIpc) is 3.53. The van der Waals surface area contributed by atoms with Gasteiger partial charge in [-0.05, 0) is 37.3 Å². The maximum Gasteiger partial charge on any atom is 0.273 e. The van der Waals surface area contributed by atoms with Crippen molar-refractivity contribution < 1.29 is 13.2 Å². The van der Waals surface area contributed by atoms with Gasteiger partial charge in [0.25, 0.3) is 15.9 Å². The summed E-state index contributed by atoms with van der Waals surface area (Å²) in [6.07, 6.45) is 6.48. The second-order valence-electron chi connectivity index (χ2n) is 9.22. The molecule has 6 rings (SSSR count). The van der Waals surface area contributed by atoms with Crippen LogP contribution >= 0.6 is 0 Å². The Kier molecular flexibility index (Phi) is 6.24. The Labute approximate surface area is 235 Å². The summed E-state index contributed by atoms with van der Waals surface area (Å²) in [4.78, 5) is 22.3. The SMILES string of the molecule is CC(NC(=O)c1c(N)nn2cccnc12)C1=Nc2cccc(C#Cc3cnn(C)c3)c2S(=O)(=O)N1c1ccccc1. The van der Waals surface area contributed by atoms with E-state index in [1.165, 1.54) is 10.7 Å². The second kappa shape index (κ2) is 9.92.